The number of nitrogens with one attached hydrogen (secondary N) is 1. The molecule has 5 N–H and O–H groups in total. The summed E-state index contributed by atoms with van der Waals surface area (Å²) < 4.78 is 0. The Bertz CT molecular complexity index is 307. The lowest BCUT2D eigenvalue weighted by molar-refractivity contribution is 0.105. The summed E-state index contributed by atoms with van der Waals surface area (Å²) in [5.74, 6) is 0. The Morgan fingerprint density at radius 1 is 1.50 bits per heavy atom. The van der Waals surface area contributed by atoms with E-state index in [0.29, 0.717) is 16.4 Å². The molecule has 0 aromatic heterocycles. The molecule has 1 rings (SSSR count). The summed E-state index contributed by atoms with van der Waals surface area (Å²) in [7, 11) is 0. The number of benzene rings is 1. The first-order valence-electron chi connectivity index (χ1n) is 4.21. The molecule has 0 saturated carbocycles. The van der Waals surface area contributed by atoms with E-state index in [1.807, 2.05) is 0 Å². The molecule has 0 amide bonds. The van der Waals surface area contributed by atoms with Gasteiger partial charge in [0.1, 0.15) is 0 Å². The summed E-state index contributed by atoms with van der Waals surface area (Å²) in [5, 5.41) is 21.1. The molecule has 0 aliphatic carbocycles. The lowest BCUT2D eigenvalue weighted by Gasteiger charge is -2.11. The van der Waals surface area contributed by atoms with Crippen molar-refractivity contribution in [3.05, 3.63) is 23.2 Å². The molecule has 1 aromatic rings. The summed E-state index contributed by atoms with van der Waals surface area (Å²) >= 11 is 5.87. The van der Waals surface area contributed by atoms with E-state index in [0.717, 1.165) is 0 Å². The van der Waals surface area contributed by atoms with Crippen molar-refractivity contribution in [2.24, 2.45) is 0 Å². The van der Waals surface area contributed by atoms with Crippen LogP contribution in [0.5, 0.6) is 0 Å². The van der Waals surface area contributed by atoms with Crippen LogP contribution in [-0.2, 0) is 0 Å². The van der Waals surface area contributed by atoms with Crippen molar-refractivity contribution in [2.75, 3.05) is 24.2 Å². The third kappa shape index (κ3) is 3.06. The van der Waals surface area contributed by atoms with E-state index < -0.39 is 6.10 Å². The molecule has 0 heterocycles. The van der Waals surface area contributed by atoms with Gasteiger partial charge >= 0.3 is 0 Å². The molecule has 0 saturated heterocycles. The maximum atomic E-state index is 9.08. The fourth-order valence-electron chi connectivity index (χ4n) is 0.967. The van der Waals surface area contributed by atoms with Crippen molar-refractivity contribution in [1.82, 2.24) is 0 Å². The van der Waals surface area contributed by atoms with E-state index in [-0.39, 0.29) is 13.2 Å². The van der Waals surface area contributed by atoms with Crippen LogP contribution < -0.4 is 11.1 Å². The number of aliphatic hydroxyl groups is 2. The van der Waals surface area contributed by atoms with Gasteiger partial charge in [0.05, 0.1) is 23.4 Å². The van der Waals surface area contributed by atoms with Gasteiger partial charge in [0.2, 0.25) is 0 Å². The summed E-state index contributed by atoms with van der Waals surface area (Å²) in [6.07, 6.45) is -0.788. The number of hydrogen-bond donors (Lipinski definition) is 4. The molecule has 0 spiro atoms. The van der Waals surface area contributed by atoms with Crippen LogP contribution in [0.3, 0.4) is 0 Å². The van der Waals surface area contributed by atoms with Crippen molar-refractivity contribution in [3.8, 4) is 0 Å². The fraction of sp³-hybridized carbons (Fsp3) is 0.333. The molecule has 1 aromatic carbocycles. The average molecular weight is 217 g/mol. The van der Waals surface area contributed by atoms with E-state index in [9.17, 15) is 0 Å². The molecule has 14 heavy (non-hydrogen) atoms. The summed E-state index contributed by atoms with van der Waals surface area (Å²) in [6, 6.07) is 5.05. The topological polar surface area (TPSA) is 78.5 Å². The normalized spacial score (nSPS) is 12.5. The van der Waals surface area contributed by atoms with Gasteiger partial charge in [0.25, 0.3) is 0 Å². The highest BCUT2D eigenvalue weighted by Crippen LogP contribution is 2.23. The quantitative estimate of drug-likeness (QED) is 0.559. The zero-order chi connectivity index (χ0) is 10.6. The molecular weight excluding hydrogens is 204 g/mol. The van der Waals surface area contributed by atoms with Crippen molar-refractivity contribution in [2.45, 2.75) is 6.10 Å². The standard InChI is InChI=1S/C9H13ClN2O2/c10-8-3-6(11)1-2-9(8)12-4-7(14)5-13/h1-3,7,12-14H,4-5,11H2. The third-order valence-corrected chi connectivity index (χ3v) is 2.04. The second-order valence-electron chi connectivity index (χ2n) is 2.96. The molecule has 1 unspecified atom stereocenters. The Balaban J connectivity index is 2.59. The van der Waals surface area contributed by atoms with Gasteiger partial charge in [0, 0.05) is 12.2 Å². The van der Waals surface area contributed by atoms with Crippen LogP contribution in [0, 0.1) is 0 Å². The van der Waals surface area contributed by atoms with Gasteiger partial charge in [-0.3, -0.25) is 0 Å². The third-order valence-electron chi connectivity index (χ3n) is 1.73. The monoisotopic (exact) mass is 216 g/mol. The minimum Gasteiger partial charge on any atom is -0.399 e. The number of rotatable bonds is 4. The molecule has 1 atom stereocenters. The molecule has 0 radical (unpaired) electrons. The van der Waals surface area contributed by atoms with Gasteiger partial charge in [-0.1, -0.05) is 11.6 Å². The van der Waals surface area contributed by atoms with Crippen LogP contribution in [0.1, 0.15) is 0 Å². The van der Waals surface area contributed by atoms with Gasteiger partial charge in [-0.05, 0) is 18.2 Å². The van der Waals surface area contributed by atoms with Gasteiger partial charge in [-0.15, -0.1) is 0 Å². The number of nitrogens with two attached hydrogens (primary N) is 1. The second kappa shape index (κ2) is 5.05. The highest BCUT2D eigenvalue weighted by Gasteiger charge is 2.03. The number of aliphatic hydroxyl groups excluding tert-OH is 2. The van der Waals surface area contributed by atoms with Crippen LogP contribution in [0.2, 0.25) is 5.02 Å². The molecule has 0 aliphatic heterocycles. The van der Waals surface area contributed by atoms with Crippen LogP contribution in [0.25, 0.3) is 0 Å². The van der Waals surface area contributed by atoms with Gasteiger partial charge in [-0.25, -0.2) is 0 Å². The van der Waals surface area contributed by atoms with Crippen molar-refractivity contribution < 1.29 is 10.2 Å². The summed E-state index contributed by atoms with van der Waals surface area (Å²) in [5.41, 5.74) is 6.78. The van der Waals surface area contributed by atoms with Crippen LogP contribution in [0.15, 0.2) is 18.2 Å². The van der Waals surface area contributed by atoms with Gasteiger partial charge < -0.3 is 21.3 Å². The lowest BCUT2D eigenvalue weighted by atomic mass is 10.2. The maximum absolute atomic E-state index is 9.08. The lowest BCUT2D eigenvalue weighted by Crippen LogP contribution is -2.23. The van der Waals surface area contributed by atoms with Crippen LogP contribution in [0.4, 0.5) is 11.4 Å². The minimum atomic E-state index is -0.788. The summed E-state index contributed by atoms with van der Waals surface area (Å²) in [6.45, 7) is -0.0280. The zero-order valence-corrected chi connectivity index (χ0v) is 8.33. The van der Waals surface area contributed by atoms with E-state index in [2.05, 4.69) is 5.32 Å². The Morgan fingerprint density at radius 3 is 2.79 bits per heavy atom. The first-order chi connectivity index (χ1) is 6.63. The molecule has 0 bridgehead atoms. The fourth-order valence-corrected chi connectivity index (χ4v) is 1.22. The van der Waals surface area contributed by atoms with Crippen LogP contribution >= 0.6 is 11.6 Å². The van der Waals surface area contributed by atoms with E-state index in [4.69, 9.17) is 27.5 Å². The number of halogens is 1. The highest BCUT2D eigenvalue weighted by molar-refractivity contribution is 6.33. The highest BCUT2D eigenvalue weighted by atomic mass is 35.5. The number of hydrogen-bond acceptors (Lipinski definition) is 4. The largest absolute Gasteiger partial charge is 0.399 e. The van der Waals surface area contributed by atoms with Gasteiger partial charge in [-0.2, -0.15) is 0 Å². The average Bonchev–Trinajstić information content (AvgIpc) is 2.16. The Morgan fingerprint density at radius 2 is 2.21 bits per heavy atom. The first kappa shape index (κ1) is 11.1. The molecule has 78 valence electrons. The smallest absolute Gasteiger partial charge is 0.0942 e. The summed E-state index contributed by atoms with van der Waals surface area (Å²) in [4.78, 5) is 0. The van der Waals surface area contributed by atoms with Crippen molar-refractivity contribution in [1.29, 1.82) is 0 Å². The van der Waals surface area contributed by atoms with E-state index >= 15 is 0 Å². The van der Waals surface area contributed by atoms with Crippen molar-refractivity contribution >= 4 is 23.0 Å². The maximum Gasteiger partial charge on any atom is 0.0942 e. The zero-order valence-electron chi connectivity index (χ0n) is 7.57. The predicted molar refractivity (Wildman–Crippen MR) is 57.4 cm³/mol. The molecular formula is C9H13ClN2O2. The molecule has 0 aliphatic rings. The minimum absolute atomic E-state index is 0.250. The Hall–Kier alpha value is -0.970. The van der Waals surface area contributed by atoms with Gasteiger partial charge in [0.15, 0.2) is 0 Å². The van der Waals surface area contributed by atoms with Crippen molar-refractivity contribution in [3.63, 3.8) is 0 Å². The van der Waals surface area contributed by atoms with E-state index in [1.165, 1.54) is 0 Å². The Labute approximate surface area is 87.3 Å². The van der Waals surface area contributed by atoms with Crippen LogP contribution in [-0.4, -0.2) is 29.5 Å². The SMILES string of the molecule is Nc1ccc(NCC(O)CO)c(Cl)c1. The Kier molecular flexibility index (Phi) is 4.00. The number of anilines is 2. The molecule has 5 heteroatoms. The number of nitrogen functional groups attached to an aromatic ring is 1. The second-order valence-corrected chi connectivity index (χ2v) is 3.36. The first-order valence-corrected chi connectivity index (χ1v) is 4.59. The molecule has 0 fully saturated rings. The van der Waals surface area contributed by atoms with E-state index in [1.54, 1.807) is 18.2 Å². The molecule has 4 nitrogen and oxygen atoms in total. The predicted octanol–water partition coefficient (Wildman–Crippen LogP) is 0.687.